The molecule has 0 aromatic rings. The molecule has 1 saturated heterocycles. The van der Waals surface area contributed by atoms with Gasteiger partial charge in [0, 0.05) is 30.7 Å². The Kier molecular flexibility index (Phi) is 12.3. The second-order valence-electron chi connectivity index (χ2n) is 10.2. The molecule has 1 rings (SSSR count). The smallest absolute Gasteiger partial charge is 0.0513 e. The third-order valence-electron chi connectivity index (χ3n) is 7.24. The second-order valence-corrected chi connectivity index (χ2v) is 10.2. The summed E-state index contributed by atoms with van der Waals surface area (Å²) in [6, 6.07) is 1.35. The van der Waals surface area contributed by atoms with Crippen molar-refractivity contribution in [3.8, 4) is 0 Å². The molecule has 1 aliphatic rings. The number of rotatable bonds is 14. The fourth-order valence-corrected chi connectivity index (χ4v) is 5.16. The zero-order valence-electron chi connectivity index (χ0n) is 20.5. The van der Waals surface area contributed by atoms with Gasteiger partial charge >= 0.3 is 0 Å². The van der Waals surface area contributed by atoms with E-state index in [2.05, 4.69) is 58.3 Å². The van der Waals surface area contributed by atoms with Crippen LogP contribution in [0.25, 0.3) is 0 Å². The van der Waals surface area contributed by atoms with E-state index in [-0.39, 0.29) is 5.54 Å². The Labute approximate surface area is 177 Å². The first-order valence-corrected chi connectivity index (χ1v) is 12.6. The van der Waals surface area contributed by atoms with Crippen molar-refractivity contribution in [1.82, 2.24) is 9.80 Å². The van der Waals surface area contributed by atoms with Gasteiger partial charge in [0.2, 0.25) is 0 Å². The minimum Gasteiger partial charge on any atom is -0.323 e. The van der Waals surface area contributed by atoms with E-state index in [0.29, 0.717) is 12.1 Å². The van der Waals surface area contributed by atoms with E-state index >= 15 is 0 Å². The molecule has 168 valence electrons. The molecule has 0 bridgehead atoms. The van der Waals surface area contributed by atoms with Gasteiger partial charge in [-0.2, -0.15) is 0 Å². The lowest BCUT2D eigenvalue weighted by Gasteiger charge is -2.52. The molecule has 2 N–H and O–H groups in total. The molecule has 0 saturated carbocycles. The molecule has 4 unspecified atom stereocenters. The highest BCUT2D eigenvalue weighted by atomic mass is 15.4. The Balaban J connectivity index is 2.96. The van der Waals surface area contributed by atoms with Crippen molar-refractivity contribution in [3.63, 3.8) is 0 Å². The molecule has 0 aromatic carbocycles. The van der Waals surface area contributed by atoms with Gasteiger partial charge in [-0.3, -0.25) is 9.80 Å². The topological polar surface area (TPSA) is 32.5 Å². The van der Waals surface area contributed by atoms with E-state index in [4.69, 9.17) is 5.73 Å². The minimum atomic E-state index is -0.106. The number of hydrogen-bond acceptors (Lipinski definition) is 3. The molecule has 0 aliphatic carbocycles. The fourth-order valence-electron chi connectivity index (χ4n) is 5.16. The highest BCUT2D eigenvalue weighted by molar-refractivity contribution is 4.96. The lowest BCUT2D eigenvalue weighted by molar-refractivity contribution is -0.0404. The Bertz CT molecular complexity index is 361. The SMILES string of the molecule is CCCCCC(C(C)CC)N1CN(C(CCCCC)C(C)CC)CC(C)(N)C1. The lowest BCUT2D eigenvalue weighted by Crippen LogP contribution is -2.67. The normalized spacial score (nSPS) is 26.1. The number of unbranched alkanes of at least 4 members (excludes halogenated alkanes) is 4. The molecule has 4 atom stereocenters. The Morgan fingerprint density at radius 1 is 0.750 bits per heavy atom. The first-order valence-electron chi connectivity index (χ1n) is 12.6. The van der Waals surface area contributed by atoms with Gasteiger partial charge in [0.05, 0.1) is 6.67 Å². The van der Waals surface area contributed by atoms with E-state index in [9.17, 15) is 0 Å². The molecule has 1 fully saturated rings. The van der Waals surface area contributed by atoms with E-state index < -0.39 is 0 Å². The summed E-state index contributed by atoms with van der Waals surface area (Å²) in [5, 5.41) is 0. The van der Waals surface area contributed by atoms with Crippen molar-refractivity contribution < 1.29 is 0 Å². The van der Waals surface area contributed by atoms with Gasteiger partial charge in [0.1, 0.15) is 0 Å². The van der Waals surface area contributed by atoms with Gasteiger partial charge in [-0.05, 0) is 31.6 Å². The van der Waals surface area contributed by atoms with Crippen LogP contribution in [0, 0.1) is 11.8 Å². The lowest BCUT2D eigenvalue weighted by atomic mass is 9.87. The quantitative estimate of drug-likeness (QED) is 0.352. The van der Waals surface area contributed by atoms with Crippen molar-refractivity contribution in [3.05, 3.63) is 0 Å². The second kappa shape index (κ2) is 13.2. The van der Waals surface area contributed by atoms with Crippen LogP contribution in [0.5, 0.6) is 0 Å². The predicted molar refractivity (Wildman–Crippen MR) is 126 cm³/mol. The molecule has 0 spiro atoms. The Hall–Kier alpha value is -0.120. The van der Waals surface area contributed by atoms with Gasteiger partial charge in [0.15, 0.2) is 0 Å². The zero-order valence-corrected chi connectivity index (χ0v) is 20.5. The maximum Gasteiger partial charge on any atom is 0.0513 e. The molecule has 28 heavy (non-hydrogen) atoms. The molecule has 0 aromatic heterocycles. The van der Waals surface area contributed by atoms with Gasteiger partial charge in [-0.15, -0.1) is 0 Å². The molecule has 1 aliphatic heterocycles. The predicted octanol–water partition coefficient (Wildman–Crippen LogP) is 6.27. The molecule has 3 heteroatoms. The third-order valence-corrected chi connectivity index (χ3v) is 7.24. The van der Waals surface area contributed by atoms with Crippen LogP contribution in [-0.2, 0) is 0 Å². The summed E-state index contributed by atoms with van der Waals surface area (Å²) in [7, 11) is 0. The summed E-state index contributed by atoms with van der Waals surface area (Å²) in [5.41, 5.74) is 6.74. The van der Waals surface area contributed by atoms with Crippen molar-refractivity contribution in [2.45, 2.75) is 130 Å². The maximum absolute atomic E-state index is 6.84. The first kappa shape index (κ1) is 25.9. The largest absolute Gasteiger partial charge is 0.323 e. The van der Waals surface area contributed by atoms with Crippen LogP contribution < -0.4 is 5.73 Å². The maximum atomic E-state index is 6.84. The van der Waals surface area contributed by atoms with Gasteiger partial charge in [-0.25, -0.2) is 0 Å². The average molecular weight is 396 g/mol. The van der Waals surface area contributed by atoms with Crippen LogP contribution in [0.4, 0.5) is 0 Å². The average Bonchev–Trinajstić information content (AvgIpc) is 2.66. The van der Waals surface area contributed by atoms with E-state index in [1.165, 1.54) is 64.2 Å². The molecular formula is C25H53N3. The summed E-state index contributed by atoms with van der Waals surface area (Å²) < 4.78 is 0. The van der Waals surface area contributed by atoms with Crippen molar-refractivity contribution in [2.75, 3.05) is 19.8 Å². The monoisotopic (exact) mass is 395 g/mol. The molecule has 0 radical (unpaired) electrons. The highest BCUT2D eigenvalue weighted by Gasteiger charge is 2.39. The number of nitrogens with zero attached hydrogens (tertiary/aromatic N) is 2. The highest BCUT2D eigenvalue weighted by Crippen LogP contribution is 2.30. The van der Waals surface area contributed by atoms with Crippen molar-refractivity contribution >= 4 is 0 Å². The molecule has 0 amide bonds. The first-order chi connectivity index (χ1) is 13.3. The van der Waals surface area contributed by atoms with Crippen molar-refractivity contribution in [2.24, 2.45) is 17.6 Å². The Morgan fingerprint density at radius 3 is 1.46 bits per heavy atom. The van der Waals surface area contributed by atoms with Crippen molar-refractivity contribution in [1.29, 1.82) is 0 Å². The molecular weight excluding hydrogens is 342 g/mol. The molecule has 3 nitrogen and oxygen atoms in total. The third kappa shape index (κ3) is 8.32. The summed E-state index contributed by atoms with van der Waals surface area (Å²) in [5.74, 6) is 1.49. The summed E-state index contributed by atoms with van der Waals surface area (Å²) >= 11 is 0. The van der Waals surface area contributed by atoms with E-state index in [1.807, 2.05) is 0 Å². The van der Waals surface area contributed by atoms with E-state index in [1.54, 1.807) is 0 Å². The number of nitrogens with two attached hydrogens (primary N) is 1. The van der Waals surface area contributed by atoms with Crippen LogP contribution >= 0.6 is 0 Å². The number of hydrogen-bond donors (Lipinski definition) is 1. The van der Waals surface area contributed by atoms with Crippen LogP contribution in [0.1, 0.15) is 113 Å². The van der Waals surface area contributed by atoms with Gasteiger partial charge in [-0.1, -0.05) is 92.9 Å². The van der Waals surface area contributed by atoms with Crippen LogP contribution in [0.15, 0.2) is 0 Å². The summed E-state index contributed by atoms with van der Waals surface area (Å²) in [4.78, 5) is 5.53. The minimum absolute atomic E-state index is 0.106. The van der Waals surface area contributed by atoms with Gasteiger partial charge in [0.25, 0.3) is 0 Å². The van der Waals surface area contributed by atoms with Crippen LogP contribution in [-0.4, -0.2) is 47.2 Å². The van der Waals surface area contributed by atoms with Crippen LogP contribution in [0.2, 0.25) is 0 Å². The summed E-state index contributed by atoms with van der Waals surface area (Å²) in [6.07, 6.45) is 13.2. The Morgan fingerprint density at radius 2 is 1.14 bits per heavy atom. The standard InChI is InChI=1S/C25H53N3/c1-8-12-14-16-23(21(5)10-3)27-18-25(7,26)19-28(20-27)24(22(6)11-4)17-15-13-9-2/h21-24H,8-20,26H2,1-7H3. The zero-order chi connectivity index (χ0) is 21.2. The summed E-state index contributed by atoms with van der Waals surface area (Å²) in [6.45, 7) is 19.7. The van der Waals surface area contributed by atoms with Gasteiger partial charge < -0.3 is 5.73 Å². The van der Waals surface area contributed by atoms with Crippen LogP contribution in [0.3, 0.4) is 0 Å². The molecule has 1 heterocycles. The fraction of sp³-hybridized carbons (Fsp3) is 1.00. The van der Waals surface area contributed by atoms with E-state index in [0.717, 1.165) is 31.6 Å².